The summed E-state index contributed by atoms with van der Waals surface area (Å²) >= 11 is 0. The number of alkyl halides is 6. The van der Waals surface area contributed by atoms with Crippen molar-refractivity contribution >= 4 is 0 Å². The summed E-state index contributed by atoms with van der Waals surface area (Å²) in [6.45, 7) is -0.0344. The molecule has 1 heterocycles. The minimum Gasteiger partial charge on any atom is -0.377 e. The molecule has 0 spiro atoms. The Hall–Kier alpha value is -0.460. The molecule has 90 valence electrons. The molecular weight excluding hydrogens is 226 g/mol. The van der Waals surface area contributed by atoms with Crippen LogP contribution in [0.2, 0.25) is 0 Å². The van der Waals surface area contributed by atoms with E-state index in [1.54, 1.807) is 0 Å². The molecule has 1 unspecified atom stereocenters. The van der Waals surface area contributed by atoms with Crippen LogP contribution in [0.4, 0.5) is 26.3 Å². The van der Waals surface area contributed by atoms with Crippen LogP contribution in [0.3, 0.4) is 0 Å². The van der Waals surface area contributed by atoms with E-state index in [0.29, 0.717) is 12.8 Å². The highest BCUT2D eigenvalue weighted by atomic mass is 19.4. The molecule has 1 aliphatic rings. The van der Waals surface area contributed by atoms with Gasteiger partial charge in [0, 0.05) is 6.61 Å². The van der Waals surface area contributed by atoms with E-state index in [-0.39, 0.29) is 13.0 Å². The maximum absolute atomic E-state index is 12.2. The first-order chi connectivity index (χ1) is 6.73. The van der Waals surface area contributed by atoms with Gasteiger partial charge in [0.1, 0.15) is 0 Å². The van der Waals surface area contributed by atoms with Crippen LogP contribution >= 0.6 is 0 Å². The summed E-state index contributed by atoms with van der Waals surface area (Å²) in [5, 5.41) is 0. The lowest BCUT2D eigenvalue weighted by atomic mass is 9.94. The van der Waals surface area contributed by atoms with Crippen LogP contribution in [0, 0.1) is 5.92 Å². The number of rotatable bonds is 1. The first-order valence-corrected chi connectivity index (χ1v) is 4.48. The van der Waals surface area contributed by atoms with Crippen LogP contribution < -0.4 is 0 Å². The van der Waals surface area contributed by atoms with E-state index in [0.717, 1.165) is 0 Å². The van der Waals surface area contributed by atoms with Gasteiger partial charge in [-0.1, -0.05) is 0 Å². The third kappa shape index (κ3) is 3.25. The SMILES string of the molecule is FC(F)(F)C(C1CCCCO1)C(F)(F)F. The molecule has 15 heavy (non-hydrogen) atoms. The zero-order valence-electron chi connectivity index (χ0n) is 7.66. The highest BCUT2D eigenvalue weighted by Crippen LogP contribution is 2.44. The average Bonchev–Trinajstić information content (AvgIpc) is 2.00. The zero-order chi connectivity index (χ0) is 11.7. The van der Waals surface area contributed by atoms with Gasteiger partial charge in [-0.2, -0.15) is 26.3 Å². The Morgan fingerprint density at radius 3 is 1.80 bits per heavy atom. The molecule has 1 fully saturated rings. The number of halogens is 6. The smallest absolute Gasteiger partial charge is 0.377 e. The summed E-state index contributed by atoms with van der Waals surface area (Å²) in [4.78, 5) is 0. The highest BCUT2D eigenvalue weighted by Gasteiger charge is 2.60. The summed E-state index contributed by atoms with van der Waals surface area (Å²) < 4.78 is 77.8. The number of hydrogen-bond donors (Lipinski definition) is 0. The van der Waals surface area contributed by atoms with Crippen molar-refractivity contribution in [1.29, 1.82) is 0 Å². The molecule has 0 aromatic rings. The van der Waals surface area contributed by atoms with E-state index in [2.05, 4.69) is 4.74 Å². The predicted octanol–water partition coefficient (Wildman–Crippen LogP) is 3.30. The lowest BCUT2D eigenvalue weighted by Gasteiger charge is -2.32. The Labute approximate surface area is 82.4 Å². The number of hydrogen-bond acceptors (Lipinski definition) is 1. The molecule has 0 amide bonds. The van der Waals surface area contributed by atoms with Gasteiger partial charge in [-0.25, -0.2) is 0 Å². The molecule has 1 saturated heterocycles. The maximum atomic E-state index is 12.2. The lowest BCUT2D eigenvalue weighted by Crippen LogP contribution is -2.47. The summed E-state index contributed by atoms with van der Waals surface area (Å²) in [6.07, 6.45) is -11.7. The van der Waals surface area contributed by atoms with E-state index in [1.165, 1.54) is 0 Å². The fourth-order valence-electron chi connectivity index (χ4n) is 1.64. The van der Waals surface area contributed by atoms with Crippen LogP contribution in [0.5, 0.6) is 0 Å². The van der Waals surface area contributed by atoms with Crippen molar-refractivity contribution in [3.05, 3.63) is 0 Å². The largest absolute Gasteiger partial charge is 0.403 e. The molecule has 1 aliphatic heterocycles. The Morgan fingerprint density at radius 2 is 1.47 bits per heavy atom. The van der Waals surface area contributed by atoms with Crippen LogP contribution in [-0.4, -0.2) is 25.1 Å². The molecule has 0 N–H and O–H groups in total. The maximum Gasteiger partial charge on any atom is 0.403 e. The second-order valence-electron chi connectivity index (χ2n) is 3.47. The molecule has 0 bridgehead atoms. The first kappa shape index (κ1) is 12.6. The third-order valence-corrected chi connectivity index (χ3v) is 2.29. The molecule has 0 aromatic carbocycles. The van der Waals surface area contributed by atoms with E-state index in [4.69, 9.17) is 0 Å². The lowest BCUT2D eigenvalue weighted by molar-refractivity contribution is -0.313. The van der Waals surface area contributed by atoms with E-state index >= 15 is 0 Å². The summed E-state index contributed by atoms with van der Waals surface area (Å²) in [6, 6.07) is 0. The molecular formula is C8H10F6O. The van der Waals surface area contributed by atoms with E-state index in [1.807, 2.05) is 0 Å². The van der Waals surface area contributed by atoms with Gasteiger partial charge >= 0.3 is 12.4 Å². The van der Waals surface area contributed by atoms with Crippen LogP contribution in [-0.2, 0) is 4.74 Å². The van der Waals surface area contributed by atoms with Crippen LogP contribution in [0.25, 0.3) is 0 Å². The Balaban J connectivity index is 2.80. The summed E-state index contributed by atoms with van der Waals surface area (Å²) in [5.41, 5.74) is 0. The van der Waals surface area contributed by atoms with Gasteiger partial charge in [-0.15, -0.1) is 0 Å². The van der Waals surface area contributed by atoms with E-state index < -0.39 is 24.4 Å². The quantitative estimate of drug-likeness (QED) is 0.635. The minimum atomic E-state index is -5.29. The average molecular weight is 236 g/mol. The van der Waals surface area contributed by atoms with Gasteiger partial charge in [0.15, 0.2) is 5.92 Å². The molecule has 1 nitrogen and oxygen atoms in total. The standard InChI is InChI=1S/C8H10F6O/c9-7(10,11)6(8(12,13)14)5-3-1-2-4-15-5/h5-6H,1-4H2. The first-order valence-electron chi connectivity index (χ1n) is 4.48. The second-order valence-corrected chi connectivity index (χ2v) is 3.47. The van der Waals surface area contributed by atoms with Crippen LogP contribution in [0.15, 0.2) is 0 Å². The van der Waals surface area contributed by atoms with Crippen molar-refractivity contribution < 1.29 is 31.1 Å². The van der Waals surface area contributed by atoms with Crippen molar-refractivity contribution in [3.8, 4) is 0 Å². The third-order valence-electron chi connectivity index (χ3n) is 2.29. The van der Waals surface area contributed by atoms with Crippen LogP contribution in [0.1, 0.15) is 19.3 Å². The molecule has 0 radical (unpaired) electrons. The van der Waals surface area contributed by atoms with Crippen molar-refractivity contribution in [2.45, 2.75) is 37.7 Å². The Morgan fingerprint density at radius 1 is 0.933 bits per heavy atom. The van der Waals surface area contributed by atoms with Crippen molar-refractivity contribution in [1.82, 2.24) is 0 Å². The van der Waals surface area contributed by atoms with Gasteiger partial charge < -0.3 is 4.74 Å². The summed E-state index contributed by atoms with van der Waals surface area (Å²) in [5.74, 6) is -3.36. The van der Waals surface area contributed by atoms with Gasteiger partial charge in [0.2, 0.25) is 0 Å². The molecule has 1 atom stereocenters. The summed E-state index contributed by atoms with van der Waals surface area (Å²) in [7, 11) is 0. The van der Waals surface area contributed by atoms with Gasteiger partial charge in [0.25, 0.3) is 0 Å². The van der Waals surface area contributed by atoms with Gasteiger partial charge in [-0.05, 0) is 19.3 Å². The molecule has 0 aliphatic carbocycles. The minimum absolute atomic E-state index is 0.0344. The van der Waals surface area contributed by atoms with Crippen molar-refractivity contribution in [2.24, 2.45) is 5.92 Å². The Kier molecular flexibility index (Phi) is 3.52. The second kappa shape index (κ2) is 4.19. The monoisotopic (exact) mass is 236 g/mol. The molecule has 7 heteroatoms. The van der Waals surface area contributed by atoms with Gasteiger partial charge in [-0.3, -0.25) is 0 Å². The normalized spacial score (nSPS) is 24.6. The molecule has 1 rings (SSSR count). The van der Waals surface area contributed by atoms with Crippen molar-refractivity contribution in [2.75, 3.05) is 6.61 Å². The fourth-order valence-corrected chi connectivity index (χ4v) is 1.64. The molecule has 0 saturated carbocycles. The fraction of sp³-hybridized carbons (Fsp3) is 1.00. The Bertz CT molecular complexity index is 188. The van der Waals surface area contributed by atoms with E-state index in [9.17, 15) is 26.3 Å². The molecule has 0 aromatic heterocycles. The van der Waals surface area contributed by atoms with Crippen molar-refractivity contribution in [3.63, 3.8) is 0 Å². The topological polar surface area (TPSA) is 9.23 Å². The predicted molar refractivity (Wildman–Crippen MR) is 39.2 cm³/mol. The highest BCUT2D eigenvalue weighted by molar-refractivity contribution is 4.84. The van der Waals surface area contributed by atoms with Gasteiger partial charge in [0.05, 0.1) is 6.10 Å². The zero-order valence-corrected chi connectivity index (χ0v) is 7.66. The number of ether oxygens (including phenoxy) is 1.